The first-order valence-electron chi connectivity index (χ1n) is 17.2. The molecule has 0 spiro atoms. The lowest BCUT2D eigenvalue weighted by Crippen LogP contribution is -2.02. The van der Waals surface area contributed by atoms with Gasteiger partial charge in [-0.2, -0.15) is 0 Å². The van der Waals surface area contributed by atoms with E-state index >= 15 is 0 Å². The summed E-state index contributed by atoms with van der Waals surface area (Å²) in [6.45, 7) is 0. The molecule has 0 aliphatic heterocycles. The van der Waals surface area contributed by atoms with E-state index in [1.807, 2.05) is 35.6 Å². The standard InChI is InChI=1S/C46H28N4S/c1-3-13-29(14-4-1)37-28-43(48-46(47-37)30-15-5-2-6-16-30)50-40-22-12-9-19-35(40)44-41(50)25-24-34-36-27-31(23-26-42(36)51-45(34)44)49-38-20-10-7-17-32(38)33-18-8-11-21-39(33)49/h1-28H. The van der Waals surface area contributed by atoms with E-state index in [2.05, 4.69) is 155 Å². The third kappa shape index (κ3) is 4.25. The molecule has 0 saturated heterocycles. The van der Waals surface area contributed by atoms with Gasteiger partial charge in [0.05, 0.1) is 27.8 Å². The minimum absolute atomic E-state index is 0.707. The second-order valence-corrected chi connectivity index (χ2v) is 14.1. The van der Waals surface area contributed by atoms with Crippen molar-refractivity contribution in [2.45, 2.75) is 0 Å². The van der Waals surface area contributed by atoms with Crippen LogP contribution in [0.3, 0.4) is 0 Å². The number of benzene rings is 7. The molecular formula is C46H28N4S. The van der Waals surface area contributed by atoms with Crippen molar-refractivity contribution in [3.8, 4) is 34.2 Å². The molecule has 4 nitrogen and oxygen atoms in total. The largest absolute Gasteiger partial charge is 0.309 e. The molecule has 238 valence electrons. The Balaban J connectivity index is 1.17. The van der Waals surface area contributed by atoms with Crippen LogP contribution >= 0.6 is 11.3 Å². The van der Waals surface area contributed by atoms with Crippen molar-refractivity contribution >= 4 is 75.1 Å². The Bertz CT molecular complexity index is 3020. The summed E-state index contributed by atoms with van der Waals surface area (Å²) in [5.41, 5.74) is 8.81. The van der Waals surface area contributed by atoms with E-state index in [1.54, 1.807) is 0 Å². The predicted molar refractivity (Wildman–Crippen MR) is 214 cm³/mol. The molecule has 0 amide bonds. The fourth-order valence-electron chi connectivity index (χ4n) is 7.88. The third-order valence-corrected chi connectivity index (χ3v) is 11.3. The average Bonchev–Trinajstić information content (AvgIpc) is 3.86. The Kier molecular flexibility index (Phi) is 6.09. The molecule has 11 aromatic rings. The van der Waals surface area contributed by atoms with Crippen molar-refractivity contribution < 1.29 is 0 Å². The molecule has 5 heteroatoms. The summed E-state index contributed by atoms with van der Waals surface area (Å²) in [7, 11) is 0. The van der Waals surface area contributed by atoms with Gasteiger partial charge < -0.3 is 4.57 Å². The normalized spacial score (nSPS) is 11.9. The lowest BCUT2D eigenvalue weighted by Gasteiger charge is -2.12. The molecule has 7 aromatic carbocycles. The summed E-state index contributed by atoms with van der Waals surface area (Å²) < 4.78 is 7.29. The number of fused-ring (bicyclic) bond motifs is 10. The summed E-state index contributed by atoms with van der Waals surface area (Å²) >= 11 is 1.87. The second-order valence-electron chi connectivity index (χ2n) is 13.0. The SMILES string of the molecule is c1ccc(-c2cc(-n3c4ccccc4c4c5sc6ccc(-n7c8ccccc8c8ccccc87)cc6c5ccc43)nc(-c3ccccc3)n2)cc1. The highest BCUT2D eigenvalue weighted by Gasteiger charge is 2.20. The topological polar surface area (TPSA) is 35.6 Å². The molecule has 0 bridgehead atoms. The first-order valence-corrected chi connectivity index (χ1v) is 18.0. The molecule has 0 N–H and O–H groups in total. The number of thiophene rings is 1. The first kappa shape index (κ1) is 28.3. The van der Waals surface area contributed by atoms with Crippen molar-refractivity contribution in [1.82, 2.24) is 19.1 Å². The molecule has 0 unspecified atom stereocenters. The van der Waals surface area contributed by atoms with Gasteiger partial charge in [0.15, 0.2) is 5.82 Å². The van der Waals surface area contributed by atoms with Crippen LogP contribution < -0.4 is 0 Å². The van der Waals surface area contributed by atoms with Gasteiger partial charge in [-0.05, 0) is 42.5 Å². The molecule has 0 saturated carbocycles. The van der Waals surface area contributed by atoms with Gasteiger partial charge in [0.1, 0.15) is 5.82 Å². The zero-order valence-electron chi connectivity index (χ0n) is 27.4. The highest BCUT2D eigenvalue weighted by Crippen LogP contribution is 2.44. The van der Waals surface area contributed by atoms with E-state index in [0.717, 1.165) is 33.7 Å². The van der Waals surface area contributed by atoms with Gasteiger partial charge in [-0.3, -0.25) is 4.57 Å². The maximum atomic E-state index is 5.24. The summed E-state index contributed by atoms with van der Waals surface area (Å²) in [5.74, 6) is 1.56. The van der Waals surface area contributed by atoms with Crippen molar-refractivity contribution in [2.75, 3.05) is 0 Å². The van der Waals surface area contributed by atoms with Crippen LogP contribution in [0.4, 0.5) is 0 Å². The summed E-state index contributed by atoms with van der Waals surface area (Å²) in [6.07, 6.45) is 0. The minimum atomic E-state index is 0.707. The van der Waals surface area contributed by atoms with Crippen molar-refractivity contribution in [1.29, 1.82) is 0 Å². The molecule has 11 rings (SSSR count). The van der Waals surface area contributed by atoms with Crippen LogP contribution in [0.2, 0.25) is 0 Å². The van der Waals surface area contributed by atoms with Gasteiger partial charge in [0, 0.05) is 64.6 Å². The van der Waals surface area contributed by atoms with Crippen LogP contribution in [0.1, 0.15) is 0 Å². The highest BCUT2D eigenvalue weighted by molar-refractivity contribution is 7.26. The fraction of sp³-hybridized carbons (Fsp3) is 0. The zero-order chi connectivity index (χ0) is 33.5. The molecule has 4 heterocycles. The van der Waals surface area contributed by atoms with Crippen molar-refractivity contribution in [2.24, 2.45) is 0 Å². The summed E-state index contributed by atoms with van der Waals surface area (Å²) in [6, 6.07) is 60.4. The van der Waals surface area contributed by atoms with Crippen LogP contribution in [0.5, 0.6) is 0 Å². The lowest BCUT2D eigenvalue weighted by atomic mass is 10.1. The number of hydrogen-bond acceptors (Lipinski definition) is 3. The van der Waals surface area contributed by atoms with Gasteiger partial charge >= 0.3 is 0 Å². The van der Waals surface area contributed by atoms with Gasteiger partial charge in [-0.15, -0.1) is 11.3 Å². The summed E-state index contributed by atoms with van der Waals surface area (Å²) in [4.78, 5) is 10.3. The Morgan fingerprint density at radius 1 is 0.412 bits per heavy atom. The monoisotopic (exact) mass is 668 g/mol. The quantitative estimate of drug-likeness (QED) is 0.187. The maximum Gasteiger partial charge on any atom is 0.162 e. The van der Waals surface area contributed by atoms with Crippen LogP contribution in [-0.2, 0) is 0 Å². The van der Waals surface area contributed by atoms with Gasteiger partial charge in [0.2, 0.25) is 0 Å². The molecule has 0 fully saturated rings. The van der Waals surface area contributed by atoms with Crippen molar-refractivity contribution in [3.05, 3.63) is 170 Å². The smallest absolute Gasteiger partial charge is 0.162 e. The molecule has 51 heavy (non-hydrogen) atoms. The van der Waals surface area contributed by atoms with Crippen LogP contribution in [0.25, 0.3) is 97.9 Å². The van der Waals surface area contributed by atoms with Crippen LogP contribution in [-0.4, -0.2) is 19.1 Å². The van der Waals surface area contributed by atoms with E-state index in [4.69, 9.17) is 9.97 Å². The number of hydrogen-bond donors (Lipinski definition) is 0. The molecular weight excluding hydrogens is 641 g/mol. The van der Waals surface area contributed by atoms with E-state index in [1.165, 1.54) is 58.4 Å². The first-order chi connectivity index (χ1) is 25.3. The van der Waals surface area contributed by atoms with Crippen LogP contribution in [0.15, 0.2) is 170 Å². The van der Waals surface area contributed by atoms with E-state index in [-0.39, 0.29) is 0 Å². The van der Waals surface area contributed by atoms with E-state index in [0.29, 0.717) is 5.82 Å². The minimum Gasteiger partial charge on any atom is -0.309 e. The Hall–Kier alpha value is -6.56. The van der Waals surface area contributed by atoms with Crippen LogP contribution in [0, 0.1) is 0 Å². The van der Waals surface area contributed by atoms with Gasteiger partial charge in [0.25, 0.3) is 0 Å². The number of nitrogens with zero attached hydrogens (tertiary/aromatic N) is 4. The zero-order valence-corrected chi connectivity index (χ0v) is 28.2. The van der Waals surface area contributed by atoms with E-state index in [9.17, 15) is 0 Å². The fourth-order valence-corrected chi connectivity index (χ4v) is 9.12. The summed E-state index contributed by atoms with van der Waals surface area (Å²) in [5, 5.41) is 7.55. The Morgan fingerprint density at radius 2 is 1.02 bits per heavy atom. The average molecular weight is 669 g/mol. The molecule has 0 aliphatic carbocycles. The molecule has 0 aliphatic rings. The third-order valence-electron chi connectivity index (χ3n) is 10.1. The van der Waals surface area contributed by atoms with Gasteiger partial charge in [-0.25, -0.2) is 9.97 Å². The Morgan fingerprint density at radius 3 is 1.73 bits per heavy atom. The Labute approximate surface area is 297 Å². The number of para-hydroxylation sites is 3. The molecule has 0 atom stereocenters. The second kappa shape index (κ2) is 11.0. The highest BCUT2D eigenvalue weighted by atomic mass is 32.1. The van der Waals surface area contributed by atoms with E-state index < -0.39 is 0 Å². The molecule has 4 aromatic heterocycles. The lowest BCUT2D eigenvalue weighted by molar-refractivity contribution is 1.05. The predicted octanol–water partition coefficient (Wildman–Crippen LogP) is 12.4. The number of aromatic nitrogens is 4. The molecule has 0 radical (unpaired) electrons. The van der Waals surface area contributed by atoms with Gasteiger partial charge in [-0.1, -0.05) is 121 Å². The van der Waals surface area contributed by atoms with Crippen molar-refractivity contribution in [3.63, 3.8) is 0 Å². The maximum absolute atomic E-state index is 5.24. The number of rotatable bonds is 4.